The van der Waals surface area contributed by atoms with Crippen molar-refractivity contribution in [3.8, 4) is 11.4 Å². The number of H-pyrrole nitrogens is 1. The molecule has 28 heavy (non-hydrogen) atoms. The molecule has 2 heterocycles. The topological polar surface area (TPSA) is 111 Å². The number of aromatic nitrogens is 4. The average molecular weight is 397 g/mol. The van der Waals surface area contributed by atoms with Crippen molar-refractivity contribution in [3.05, 3.63) is 75.5 Å². The van der Waals surface area contributed by atoms with E-state index in [4.69, 9.17) is 20.9 Å². The second kappa shape index (κ2) is 7.61. The maximum absolute atomic E-state index is 12.2. The number of fused-ring (bicyclic) bond motifs is 1. The van der Waals surface area contributed by atoms with Crippen LogP contribution in [0.1, 0.15) is 11.6 Å². The van der Waals surface area contributed by atoms with Gasteiger partial charge >= 0.3 is 5.97 Å². The number of nitrogens with one attached hydrogen (secondary N) is 1. The average Bonchev–Trinajstić information content (AvgIpc) is 3.18. The maximum atomic E-state index is 12.2. The molecule has 0 spiro atoms. The minimum atomic E-state index is -0.535. The third-order valence-electron chi connectivity index (χ3n) is 3.99. The van der Waals surface area contributed by atoms with Crippen molar-refractivity contribution in [1.82, 2.24) is 20.3 Å². The van der Waals surface area contributed by atoms with Crippen molar-refractivity contribution in [2.24, 2.45) is 0 Å². The summed E-state index contributed by atoms with van der Waals surface area (Å²) in [5.74, 6) is -0.0309. The number of aromatic amines is 1. The van der Waals surface area contributed by atoms with Crippen LogP contribution in [0.15, 0.2) is 57.8 Å². The summed E-state index contributed by atoms with van der Waals surface area (Å²) >= 11 is 5.95. The quantitative estimate of drug-likeness (QED) is 0.516. The third-order valence-corrected chi connectivity index (χ3v) is 4.23. The highest BCUT2D eigenvalue weighted by Crippen LogP contribution is 2.20. The van der Waals surface area contributed by atoms with E-state index in [1.165, 1.54) is 0 Å². The van der Waals surface area contributed by atoms with Gasteiger partial charge in [-0.05, 0) is 18.2 Å². The van der Waals surface area contributed by atoms with E-state index in [0.29, 0.717) is 32.9 Å². The molecule has 1 N–H and O–H groups in total. The third kappa shape index (κ3) is 3.77. The molecule has 0 radical (unpaired) electrons. The van der Waals surface area contributed by atoms with E-state index >= 15 is 0 Å². The van der Waals surface area contributed by atoms with Crippen molar-refractivity contribution < 1.29 is 14.1 Å². The monoisotopic (exact) mass is 396 g/mol. The highest BCUT2D eigenvalue weighted by atomic mass is 35.5. The first kappa shape index (κ1) is 17.9. The van der Waals surface area contributed by atoms with Crippen LogP contribution >= 0.6 is 11.6 Å². The lowest BCUT2D eigenvalue weighted by molar-refractivity contribution is -0.144. The van der Waals surface area contributed by atoms with Gasteiger partial charge in [0.05, 0.1) is 17.5 Å². The fourth-order valence-corrected chi connectivity index (χ4v) is 2.88. The van der Waals surface area contributed by atoms with Gasteiger partial charge in [0.25, 0.3) is 11.4 Å². The van der Waals surface area contributed by atoms with E-state index in [1.807, 2.05) is 0 Å². The number of hydrogen-bond acceptors (Lipinski definition) is 7. The smallest absolute Gasteiger partial charge is 0.312 e. The first-order valence-electron chi connectivity index (χ1n) is 8.30. The Morgan fingerprint density at radius 2 is 1.96 bits per heavy atom. The van der Waals surface area contributed by atoms with Gasteiger partial charge in [-0.1, -0.05) is 47.1 Å². The zero-order valence-electron chi connectivity index (χ0n) is 14.4. The Kier molecular flexibility index (Phi) is 4.86. The number of hydrogen-bond donors (Lipinski definition) is 1. The fourth-order valence-electron chi connectivity index (χ4n) is 2.69. The number of carbonyl (C=O) groups is 1. The van der Waals surface area contributed by atoms with E-state index in [-0.39, 0.29) is 24.5 Å². The Morgan fingerprint density at radius 1 is 1.14 bits per heavy atom. The Bertz CT molecular complexity index is 1220. The first-order valence-corrected chi connectivity index (χ1v) is 8.68. The van der Waals surface area contributed by atoms with E-state index in [2.05, 4.69) is 20.3 Å². The molecule has 0 atom stereocenters. The highest BCUT2D eigenvalue weighted by Gasteiger charge is 2.14. The van der Waals surface area contributed by atoms with Gasteiger partial charge in [0.2, 0.25) is 5.82 Å². The number of ether oxygens (including phenoxy) is 1. The Labute approximate surface area is 163 Å². The molecule has 0 bridgehead atoms. The Balaban J connectivity index is 1.43. The molecule has 4 rings (SSSR count). The van der Waals surface area contributed by atoms with Crippen molar-refractivity contribution in [2.45, 2.75) is 13.0 Å². The van der Waals surface area contributed by atoms with E-state index < -0.39 is 5.97 Å². The van der Waals surface area contributed by atoms with Crippen molar-refractivity contribution in [1.29, 1.82) is 0 Å². The van der Waals surface area contributed by atoms with E-state index in [9.17, 15) is 9.59 Å². The lowest BCUT2D eigenvalue weighted by Crippen LogP contribution is -2.15. The van der Waals surface area contributed by atoms with Gasteiger partial charge in [0.15, 0.2) is 6.61 Å². The van der Waals surface area contributed by atoms with Gasteiger partial charge in [-0.3, -0.25) is 9.59 Å². The van der Waals surface area contributed by atoms with Crippen molar-refractivity contribution in [3.63, 3.8) is 0 Å². The Morgan fingerprint density at radius 3 is 2.79 bits per heavy atom. The summed E-state index contributed by atoms with van der Waals surface area (Å²) in [6, 6.07) is 13.9. The molecular formula is C19H13ClN4O4. The molecule has 140 valence electrons. The standard InChI is InChI=1S/C19H13ClN4O4/c20-12-5-3-4-11(8-12)18-21-16(28-24-18)10-27-17(25)9-15-13-6-1-2-7-14(13)19(26)23-22-15/h1-8H,9-10H2,(H,23,26). The summed E-state index contributed by atoms with van der Waals surface area (Å²) < 4.78 is 10.3. The number of nitrogens with zero attached hydrogens (tertiary/aromatic N) is 3. The molecule has 0 fully saturated rings. The van der Waals surface area contributed by atoms with Crippen LogP contribution < -0.4 is 5.56 Å². The maximum Gasteiger partial charge on any atom is 0.312 e. The number of rotatable bonds is 5. The molecule has 4 aromatic rings. The predicted octanol–water partition coefficient (Wildman–Crippen LogP) is 2.91. The highest BCUT2D eigenvalue weighted by molar-refractivity contribution is 6.30. The van der Waals surface area contributed by atoms with Crippen molar-refractivity contribution in [2.75, 3.05) is 0 Å². The SMILES string of the molecule is O=C(Cc1n[nH]c(=O)c2ccccc12)OCc1nc(-c2cccc(Cl)c2)no1. The molecule has 0 amide bonds. The number of benzene rings is 2. The van der Waals surface area contributed by atoms with Gasteiger partial charge in [-0.2, -0.15) is 10.1 Å². The van der Waals surface area contributed by atoms with Crippen LogP contribution in [0.4, 0.5) is 0 Å². The molecule has 8 nitrogen and oxygen atoms in total. The van der Waals surface area contributed by atoms with Gasteiger partial charge < -0.3 is 9.26 Å². The van der Waals surface area contributed by atoms with Crippen LogP contribution in [0, 0.1) is 0 Å². The second-order valence-corrected chi connectivity index (χ2v) is 6.34. The zero-order valence-corrected chi connectivity index (χ0v) is 15.1. The summed E-state index contributed by atoms with van der Waals surface area (Å²) in [6.07, 6.45) is -0.105. The normalized spacial score (nSPS) is 10.9. The van der Waals surface area contributed by atoms with Gasteiger partial charge in [-0.25, -0.2) is 5.10 Å². The number of esters is 1. The summed E-state index contributed by atoms with van der Waals surface area (Å²) in [5, 5.41) is 11.8. The van der Waals surface area contributed by atoms with Crippen LogP contribution in [-0.2, 0) is 22.6 Å². The minimum Gasteiger partial charge on any atom is -0.455 e. The van der Waals surface area contributed by atoms with Crippen LogP contribution in [0.25, 0.3) is 22.2 Å². The van der Waals surface area contributed by atoms with E-state index in [1.54, 1.807) is 48.5 Å². The summed E-state index contributed by atoms with van der Waals surface area (Å²) in [4.78, 5) is 28.2. The summed E-state index contributed by atoms with van der Waals surface area (Å²) in [7, 11) is 0. The molecule has 0 aliphatic heterocycles. The van der Waals surface area contributed by atoms with E-state index in [0.717, 1.165) is 0 Å². The summed E-state index contributed by atoms with van der Waals surface area (Å²) in [6.45, 7) is -0.173. The molecule has 0 saturated heterocycles. The molecule has 0 aliphatic rings. The first-order chi connectivity index (χ1) is 13.6. The summed E-state index contributed by atoms with van der Waals surface area (Å²) in [5.41, 5.74) is 0.801. The zero-order chi connectivity index (χ0) is 19.5. The number of carbonyl (C=O) groups excluding carboxylic acids is 1. The second-order valence-electron chi connectivity index (χ2n) is 5.90. The van der Waals surface area contributed by atoms with Gasteiger partial charge in [0.1, 0.15) is 0 Å². The molecular weight excluding hydrogens is 384 g/mol. The predicted molar refractivity (Wildman–Crippen MR) is 101 cm³/mol. The lowest BCUT2D eigenvalue weighted by Gasteiger charge is -2.04. The largest absolute Gasteiger partial charge is 0.455 e. The molecule has 2 aromatic carbocycles. The molecule has 0 aliphatic carbocycles. The van der Waals surface area contributed by atoms with Crippen LogP contribution in [-0.4, -0.2) is 26.3 Å². The Hall–Kier alpha value is -3.52. The molecule has 2 aromatic heterocycles. The number of halogens is 1. The fraction of sp³-hybridized carbons (Fsp3) is 0.105. The molecule has 9 heteroatoms. The van der Waals surface area contributed by atoms with Crippen LogP contribution in [0.3, 0.4) is 0 Å². The molecule has 0 saturated carbocycles. The lowest BCUT2D eigenvalue weighted by atomic mass is 10.1. The van der Waals surface area contributed by atoms with Crippen LogP contribution in [0.5, 0.6) is 0 Å². The van der Waals surface area contributed by atoms with Gasteiger partial charge in [-0.15, -0.1) is 0 Å². The van der Waals surface area contributed by atoms with Crippen LogP contribution in [0.2, 0.25) is 5.02 Å². The molecule has 0 unspecified atom stereocenters. The van der Waals surface area contributed by atoms with Gasteiger partial charge in [0, 0.05) is 16.0 Å². The van der Waals surface area contributed by atoms with Crippen molar-refractivity contribution >= 4 is 28.3 Å². The minimum absolute atomic E-state index is 0.105.